The number of rotatable bonds is 4. The molecule has 0 bridgehead atoms. The number of anilines is 1. The second-order valence-electron chi connectivity index (χ2n) is 6.54. The van der Waals surface area contributed by atoms with E-state index in [1.165, 1.54) is 0 Å². The minimum atomic E-state index is -0.835. The lowest BCUT2D eigenvalue weighted by Crippen LogP contribution is -2.21. The highest BCUT2D eigenvalue weighted by molar-refractivity contribution is 6.29. The average molecular weight is 391 g/mol. The van der Waals surface area contributed by atoms with E-state index in [0.29, 0.717) is 41.8 Å². The third kappa shape index (κ3) is 3.06. The molecule has 3 heterocycles. The van der Waals surface area contributed by atoms with Gasteiger partial charge in [-0.15, -0.1) is 0 Å². The number of ether oxygens (including phenoxy) is 2. The molecule has 8 heteroatoms. The number of aromatic nitrogens is 3. The van der Waals surface area contributed by atoms with Crippen LogP contribution in [0.4, 0.5) is 10.1 Å². The van der Waals surface area contributed by atoms with Gasteiger partial charge in [-0.05, 0) is 31.5 Å². The first-order valence-corrected chi connectivity index (χ1v) is 9.07. The lowest BCUT2D eigenvalue weighted by atomic mass is 10.1. The van der Waals surface area contributed by atoms with Crippen molar-refractivity contribution in [2.24, 2.45) is 0 Å². The molecule has 1 aliphatic rings. The maximum atomic E-state index is 13.7. The van der Waals surface area contributed by atoms with E-state index in [-0.39, 0.29) is 0 Å². The summed E-state index contributed by atoms with van der Waals surface area (Å²) in [6.45, 7) is 2.89. The fourth-order valence-electron chi connectivity index (χ4n) is 3.57. The Morgan fingerprint density at radius 2 is 1.96 bits per heavy atom. The van der Waals surface area contributed by atoms with Crippen LogP contribution in [0.1, 0.15) is 12.1 Å². The van der Waals surface area contributed by atoms with Gasteiger partial charge in [0.2, 0.25) is 0 Å². The Morgan fingerprint density at radius 3 is 2.63 bits per heavy atom. The molecular weight excluding hydrogens is 371 g/mol. The van der Waals surface area contributed by atoms with Gasteiger partial charge in [0.05, 0.1) is 31.3 Å². The number of benzene rings is 1. The SMILES string of the molecule is COc1ccc(-c2c(C)nc3c(N4CCC(F)C4)cc(Cl)nn23)cc1OC. The van der Waals surface area contributed by atoms with Crippen LogP contribution < -0.4 is 14.4 Å². The van der Waals surface area contributed by atoms with Crippen LogP contribution in [-0.4, -0.2) is 48.1 Å². The number of fused-ring (bicyclic) bond motifs is 1. The highest BCUT2D eigenvalue weighted by Crippen LogP contribution is 2.36. The van der Waals surface area contributed by atoms with Crippen LogP contribution in [-0.2, 0) is 0 Å². The normalized spacial score (nSPS) is 16.9. The summed E-state index contributed by atoms with van der Waals surface area (Å²) in [5.41, 5.74) is 3.95. The molecule has 27 heavy (non-hydrogen) atoms. The largest absolute Gasteiger partial charge is 0.493 e. The molecule has 0 amide bonds. The predicted molar refractivity (Wildman–Crippen MR) is 103 cm³/mol. The lowest BCUT2D eigenvalue weighted by Gasteiger charge is -2.18. The van der Waals surface area contributed by atoms with Crippen LogP contribution in [0.25, 0.3) is 16.9 Å². The minimum absolute atomic E-state index is 0.332. The van der Waals surface area contributed by atoms with Crippen molar-refractivity contribution in [3.8, 4) is 22.8 Å². The second kappa shape index (κ2) is 6.88. The van der Waals surface area contributed by atoms with Gasteiger partial charge in [0, 0.05) is 24.7 Å². The lowest BCUT2D eigenvalue weighted by molar-refractivity contribution is 0.355. The molecule has 1 aliphatic heterocycles. The van der Waals surface area contributed by atoms with Crippen molar-refractivity contribution in [1.82, 2.24) is 14.6 Å². The summed E-state index contributed by atoms with van der Waals surface area (Å²) >= 11 is 6.29. The van der Waals surface area contributed by atoms with E-state index in [4.69, 9.17) is 26.1 Å². The number of hydrogen-bond donors (Lipinski definition) is 0. The van der Waals surface area contributed by atoms with Crippen LogP contribution >= 0.6 is 11.6 Å². The van der Waals surface area contributed by atoms with Crippen molar-refractivity contribution in [2.45, 2.75) is 19.5 Å². The summed E-state index contributed by atoms with van der Waals surface area (Å²) < 4.78 is 26.2. The van der Waals surface area contributed by atoms with Crippen LogP contribution in [0, 0.1) is 6.92 Å². The quantitative estimate of drug-likeness (QED) is 0.675. The highest BCUT2D eigenvalue weighted by atomic mass is 35.5. The molecule has 1 atom stereocenters. The summed E-state index contributed by atoms with van der Waals surface area (Å²) in [6.07, 6.45) is -0.327. The summed E-state index contributed by atoms with van der Waals surface area (Å²) in [5.74, 6) is 1.26. The molecule has 2 aromatic heterocycles. The van der Waals surface area contributed by atoms with E-state index < -0.39 is 6.17 Å². The van der Waals surface area contributed by atoms with Crippen LogP contribution in [0.2, 0.25) is 5.15 Å². The smallest absolute Gasteiger partial charge is 0.178 e. The average Bonchev–Trinajstić information content (AvgIpc) is 3.23. The number of nitrogens with zero attached hydrogens (tertiary/aromatic N) is 4. The van der Waals surface area contributed by atoms with Gasteiger partial charge in [-0.2, -0.15) is 5.10 Å². The zero-order valence-corrected chi connectivity index (χ0v) is 16.1. The van der Waals surface area contributed by atoms with Gasteiger partial charge in [-0.1, -0.05) is 11.6 Å². The standard InChI is InChI=1S/C19H20ClFN4O2/c1-11-18(12-4-5-15(26-2)16(8-12)27-3)25-19(22-11)14(9-17(20)23-25)24-7-6-13(21)10-24/h4-5,8-9,13H,6-7,10H2,1-3H3. The van der Waals surface area contributed by atoms with Crippen molar-refractivity contribution < 1.29 is 13.9 Å². The zero-order valence-electron chi connectivity index (χ0n) is 15.4. The van der Waals surface area contributed by atoms with Gasteiger partial charge in [-0.3, -0.25) is 0 Å². The topological polar surface area (TPSA) is 51.9 Å². The van der Waals surface area contributed by atoms with Crippen molar-refractivity contribution >= 4 is 22.9 Å². The first-order valence-electron chi connectivity index (χ1n) is 8.69. The van der Waals surface area contributed by atoms with Crippen LogP contribution in [0.5, 0.6) is 11.5 Å². The number of hydrogen-bond acceptors (Lipinski definition) is 5. The molecule has 0 spiro atoms. The van der Waals surface area contributed by atoms with Crippen LogP contribution in [0.15, 0.2) is 24.3 Å². The van der Waals surface area contributed by atoms with Gasteiger partial charge in [0.15, 0.2) is 22.3 Å². The Balaban J connectivity index is 1.90. The summed E-state index contributed by atoms with van der Waals surface area (Å²) in [7, 11) is 3.19. The summed E-state index contributed by atoms with van der Waals surface area (Å²) in [4.78, 5) is 6.67. The minimum Gasteiger partial charge on any atom is -0.493 e. The number of imidazole rings is 1. The molecule has 1 fully saturated rings. The van der Waals surface area contributed by atoms with Crippen molar-refractivity contribution in [2.75, 3.05) is 32.2 Å². The fraction of sp³-hybridized carbons (Fsp3) is 0.368. The fourth-order valence-corrected chi connectivity index (χ4v) is 3.75. The Bertz CT molecular complexity index is 1010. The van der Waals surface area contributed by atoms with Crippen LogP contribution in [0.3, 0.4) is 0 Å². The van der Waals surface area contributed by atoms with E-state index >= 15 is 0 Å². The molecule has 0 radical (unpaired) electrons. The molecule has 1 unspecified atom stereocenters. The molecular formula is C19H20ClFN4O2. The molecule has 0 aliphatic carbocycles. The molecule has 1 saturated heterocycles. The third-order valence-electron chi connectivity index (χ3n) is 4.84. The van der Waals surface area contributed by atoms with E-state index in [2.05, 4.69) is 5.10 Å². The van der Waals surface area contributed by atoms with Gasteiger partial charge in [-0.25, -0.2) is 13.9 Å². The zero-order chi connectivity index (χ0) is 19.1. The van der Waals surface area contributed by atoms with Gasteiger partial charge in [0.1, 0.15) is 6.17 Å². The van der Waals surface area contributed by atoms with Gasteiger partial charge in [0.25, 0.3) is 0 Å². The number of methoxy groups -OCH3 is 2. The third-order valence-corrected chi connectivity index (χ3v) is 5.02. The molecule has 3 aromatic rings. The number of aryl methyl sites for hydroxylation is 1. The maximum Gasteiger partial charge on any atom is 0.178 e. The molecule has 6 nitrogen and oxygen atoms in total. The maximum absolute atomic E-state index is 13.7. The van der Waals surface area contributed by atoms with E-state index in [0.717, 1.165) is 22.6 Å². The molecule has 0 N–H and O–H groups in total. The van der Waals surface area contributed by atoms with Gasteiger partial charge >= 0.3 is 0 Å². The first-order chi connectivity index (χ1) is 13.0. The van der Waals surface area contributed by atoms with Gasteiger partial charge < -0.3 is 14.4 Å². The predicted octanol–water partition coefficient (Wildman–Crippen LogP) is 3.92. The number of halogens is 2. The molecule has 1 aromatic carbocycles. The highest BCUT2D eigenvalue weighted by Gasteiger charge is 2.26. The first kappa shape index (κ1) is 17.9. The Morgan fingerprint density at radius 1 is 1.19 bits per heavy atom. The Kier molecular flexibility index (Phi) is 4.55. The molecule has 4 rings (SSSR count). The Hall–Kier alpha value is -2.54. The van der Waals surface area contributed by atoms with E-state index in [1.807, 2.05) is 30.0 Å². The monoisotopic (exact) mass is 390 g/mol. The van der Waals surface area contributed by atoms with E-state index in [9.17, 15) is 4.39 Å². The summed E-state index contributed by atoms with van der Waals surface area (Å²) in [5, 5.41) is 4.78. The molecule has 142 valence electrons. The van der Waals surface area contributed by atoms with E-state index in [1.54, 1.807) is 24.8 Å². The van der Waals surface area contributed by atoms with Crippen molar-refractivity contribution in [3.05, 3.63) is 35.1 Å². The Labute approximate surface area is 161 Å². The van der Waals surface area contributed by atoms with Crippen molar-refractivity contribution in [1.29, 1.82) is 0 Å². The summed E-state index contributed by atoms with van der Waals surface area (Å²) in [6, 6.07) is 7.39. The second-order valence-corrected chi connectivity index (χ2v) is 6.92. The number of alkyl halides is 1. The molecule has 0 saturated carbocycles. The van der Waals surface area contributed by atoms with Crippen molar-refractivity contribution in [3.63, 3.8) is 0 Å².